The number of hydrogen-bond donors (Lipinski definition) is 2. The number of aromatic nitrogens is 1. The van der Waals surface area contributed by atoms with E-state index < -0.39 is 0 Å². The zero-order valence-electron chi connectivity index (χ0n) is 12.7. The van der Waals surface area contributed by atoms with Gasteiger partial charge in [-0.2, -0.15) is 0 Å². The monoisotopic (exact) mass is 325 g/mol. The second-order valence-electron chi connectivity index (χ2n) is 6.05. The summed E-state index contributed by atoms with van der Waals surface area (Å²) < 4.78 is 5.90. The molecule has 2 fully saturated rings. The molecule has 2 saturated heterocycles. The van der Waals surface area contributed by atoms with Crippen molar-refractivity contribution in [3.63, 3.8) is 0 Å². The lowest BCUT2D eigenvalue weighted by Crippen LogP contribution is -2.55. The summed E-state index contributed by atoms with van der Waals surface area (Å²) in [5.74, 6) is 0.00388. The van der Waals surface area contributed by atoms with Crippen LogP contribution in [0.4, 0.5) is 5.13 Å². The zero-order valence-corrected chi connectivity index (χ0v) is 13.5. The van der Waals surface area contributed by atoms with Gasteiger partial charge in [0.25, 0.3) is 0 Å². The summed E-state index contributed by atoms with van der Waals surface area (Å²) >= 11 is 1.43. The number of aliphatic hydroxyl groups excluding tert-OH is 1. The van der Waals surface area contributed by atoms with Gasteiger partial charge in [0.05, 0.1) is 11.7 Å². The smallest absolute Gasteiger partial charge is 0.227 e. The Morgan fingerprint density at radius 1 is 1.55 bits per heavy atom. The topological polar surface area (TPSA) is 74.7 Å². The molecular weight excluding hydrogens is 302 g/mol. The van der Waals surface area contributed by atoms with E-state index in [-0.39, 0.29) is 17.6 Å². The van der Waals surface area contributed by atoms with Crippen LogP contribution in [-0.2, 0) is 9.53 Å². The van der Waals surface area contributed by atoms with Crippen molar-refractivity contribution in [1.82, 2.24) is 9.88 Å². The first-order valence-corrected chi connectivity index (χ1v) is 8.80. The van der Waals surface area contributed by atoms with Crippen molar-refractivity contribution in [2.24, 2.45) is 0 Å². The van der Waals surface area contributed by atoms with Gasteiger partial charge in [0.2, 0.25) is 5.91 Å². The van der Waals surface area contributed by atoms with E-state index in [1.165, 1.54) is 11.3 Å². The summed E-state index contributed by atoms with van der Waals surface area (Å²) in [7, 11) is 0. The Balaban J connectivity index is 1.41. The fraction of sp³-hybridized carbons (Fsp3) is 0.733. The van der Waals surface area contributed by atoms with Crippen LogP contribution in [0.2, 0.25) is 0 Å². The second kappa shape index (κ2) is 7.04. The first-order chi connectivity index (χ1) is 10.7. The molecule has 0 radical (unpaired) electrons. The average Bonchev–Trinajstić information content (AvgIpc) is 3.03. The molecule has 1 unspecified atom stereocenters. The van der Waals surface area contributed by atoms with Gasteiger partial charge in [-0.3, -0.25) is 4.79 Å². The van der Waals surface area contributed by atoms with Crippen molar-refractivity contribution in [2.45, 2.75) is 43.8 Å². The van der Waals surface area contributed by atoms with Crippen LogP contribution in [0.5, 0.6) is 0 Å². The van der Waals surface area contributed by atoms with Gasteiger partial charge in [0.15, 0.2) is 5.13 Å². The zero-order chi connectivity index (χ0) is 15.4. The lowest BCUT2D eigenvalue weighted by Gasteiger charge is -2.46. The second-order valence-corrected chi connectivity index (χ2v) is 6.94. The van der Waals surface area contributed by atoms with Gasteiger partial charge in [-0.15, -0.1) is 11.3 Å². The predicted molar refractivity (Wildman–Crippen MR) is 85.0 cm³/mol. The summed E-state index contributed by atoms with van der Waals surface area (Å²) in [4.78, 5) is 18.2. The minimum absolute atomic E-state index is 0.00388. The maximum absolute atomic E-state index is 11.9. The Labute approximate surface area is 134 Å². The Morgan fingerprint density at radius 2 is 2.36 bits per heavy atom. The van der Waals surface area contributed by atoms with Gasteiger partial charge >= 0.3 is 0 Å². The maximum Gasteiger partial charge on any atom is 0.227 e. The summed E-state index contributed by atoms with van der Waals surface area (Å²) in [6.45, 7) is 3.25. The van der Waals surface area contributed by atoms with Crippen LogP contribution < -0.4 is 5.32 Å². The van der Waals surface area contributed by atoms with E-state index in [1.807, 2.05) is 5.38 Å². The minimum atomic E-state index is -0.336. The number of ether oxygens (including phenoxy) is 1. The number of piperidine rings is 1. The molecule has 0 aromatic carbocycles. The minimum Gasteiger partial charge on any atom is -0.390 e. The molecule has 122 valence electrons. The molecule has 1 aromatic heterocycles. The average molecular weight is 325 g/mol. The molecule has 3 heterocycles. The molecule has 1 atom stereocenters. The third-order valence-electron chi connectivity index (χ3n) is 4.65. The fourth-order valence-electron chi connectivity index (χ4n) is 3.27. The fourth-order valence-corrected chi connectivity index (χ4v) is 3.82. The molecule has 2 N–H and O–H groups in total. The number of anilines is 1. The highest BCUT2D eigenvalue weighted by atomic mass is 32.1. The van der Waals surface area contributed by atoms with E-state index >= 15 is 0 Å². The standard InChI is InChI=1S/C15H23N3O3S/c19-12-2-1-10-21-15(12)4-8-18(9-5-15)7-3-13(20)17-14-16-6-11-22-14/h6,11-12,19H,1-5,7-10H2,(H,16,17,20). The number of nitrogens with one attached hydrogen (secondary N) is 1. The summed E-state index contributed by atoms with van der Waals surface area (Å²) in [6, 6.07) is 0. The molecule has 6 nitrogen and oxygen atoms in total. The highest BCUT2D eigenvalue weighted by Crippen LogP contribution is 2.35. The van der Waals surface area contributed by atoms with Crippen molar-refractivity contribution in [3.8, 4) is 0 Å². The highest BCUT2D eigenvalue weighted by Gasteiger charge is 2.43. The lowest BCUT2D eigenvalue weighted by molar-refractivity contribution is -0.176. The number of likely N-dealkylation sites (tertiary alicyclic amines) is 1. The van der Waals surface area contributed by atoms with Gasteiger partial charge in [-0.05, 0) is 25.7 Å². The van der Waals surface area contributed by atoms with E-state index in [1.54, 1.807) is 6.20 Å². The Morgan fingerprint density at radius 3 is 3.05 bits per heavy atom. The summed E-state index contributed by atoms with van der Waals surface area (Å²) in [6.07, 6.45) is 5.30. The first kappa shape index (κ1) is 15.9. The van der Waals surface area contributed by atoms with E-state index in [0.717, 1.165) is 51.9 Å². The molecular formula is C15H23N3O3S. The van der Waals surface area contributed by atoms with Crippen LogP contribution in [0.15, 0.2) is 11.6 Å². The van der Waals surface area contributed by atoms with Crippen molar-refractivity contribution in [3.05, 3.63) is 11.6 Å². The lowest BCUT2D eigenvalue weighted by atomic mass is 9.82. The number of amides is 1. The number of rotatable bonds is 4. The number of thiazole rings is 1. The Bertz CT molecular complexity index is 486. The predicted octanol–water partition coefficient (Wildman–Crippen LogP) is 1.48. The largest absolute Gasteiger partial charge is 0.390 e. The number of carbonyl (C=O) groups is 1. The molecule has 22 heavy (non-hydrogen) atoms. The molecule has 0 bridgehead atoms. The number of nitrogens with zero attached hydrogens (tertiary/aromatic N) is 2. The van der Waals surface area contributed by atoms with Crippen LogP contribution in [0, 0.1) is 0 Å². The number of hydrogen-bond acceptors (Lipinski definition) is 6. The van der Waals surface area contributed by atoms with E-state index in [2.05, 4.69) is 15.2 Å². The molecule has 2 aliphatic heterocycles. The normalized spacial score (nSPS) is 25.2. The molecule has 2 aliphatic rings. The summed E-state index contributed by atoms with van der Waals surface area (Å²) in [5.41, 5.74) is -0.335. The van der Waals surface area contributed by atoms with Gasteiger partial charge < -0.3 is 20.1 Å². The highest BCUT2D eigenvalue weighted by molar-refractivity contribution is 7.13. The van der Waals surface area contributed by atoms with Crippen molar-refractivity contribution < 1.29 is 14.6 Å². The van der Waals surface area contributed by atoms with Crippen molar-refractivity contribution >= 4 is 22.4 Å². The molecule has 3 rings (SSSR count). The molecule has 1 amide bonds. The van der Waals surface area contributed by atoms with Crippen molar-refractivity contribution in [1.29, 1.82) is 0 Å². The van der Waals surface area contributed by atoms with E-state index in [0.29, 0.717) is 11.6 Å². The first-order valence-electron chi connectivity index (χ1n) is 7.92. The Kier molecular flexibility index (Phi) is 5.07. The third kappa shape index (κ3) is 3.65. The van der Waals surface area contributed by atoms with Crippen LogP contribution in [0.1, 0.15) is 32.1 Å². The quantitative estimate of drug-likeness (QED) is 0.877. The van der Waals surface area contributed by atoms with E-state index in [4.69, 9.17) is 4.74 Å². The van der Waals surface area contributed by atoms with Gasteiger partial charge in [-0.25, -0.2) is 4.98 Å². The molecule has 1 spiro atoms. The number of aliphatic hydroxyl groups is 1. The van der Waals surface area contributed by atoms with Crippen LogP contribution in [0.3, 0.4) is 0 Å². The maximum atomic E-state index is 11.9. The van der Waals surface area contributed by atoms with Crippen LogP contribution in [0.25, 0.3) is 0 Å². The summed E-state index contributed by atoms with van der Waals surface area (Å²) in [5, 5.41) is 15.5. The Hall–Kier alpha value is -1.02. The molecule has 1 aromatic rings. The molecule has 0 saturated carbocycles. The third-order valence-corrected chi connectivity index (χ3v) is 5.34. The van der Waals surface area contributed by atoms with Crippen LogP contribution in [-0.4, -0.2) is 58.8 Å². The van der Waals surface area contributed by atoms with Crippen molar-refractivity contribution in [2.75, 3.05) is 31.6 Å². The van der Waals surface area contributed by atoms with Gasteiger partial charge in [0, 0.05) is 44.2 Å². The SMILES string of the molecule is O=C(CCN1CCC2(CC1)OCCCC2O)Nc1nccs1. The van der Waals surface area contributed by atoms with Gasteiger partial charge in [0.1, 0.15) is 0 Å². The number of carbonyl (C=O) groups excluding carboxylic acids is 1. The molecule has 7 heteroatoms. The van der Waals surface area contributed by atoms with Gasteiger partial charge in [-0.1, -0.05) is 0 Å². The molecule has 0 aliphatic carbocycles. The van der Waals surface area contributed by atoms with E-state index in [9.17, 15) is 9.90 Å². The van der Waals surface area contributed by atoms with Crippen LogP contribution >= 0.6 is 11.3 Å².